The molecule has 0 saturated carbocycles. The number of methoxy groups -OCH3 is 1. The van der Waals surface area contributed by atoms with Gasteiger partial charge in [0.2, 0.25) is 5.91 Å². The van der Waals surface area contributed by atoms with E-state index < -0.39 is 0 Å². The van der Waals surface area contributed by atoms with E-state index in [1.165, 1.54) is 11.1 Å². The minimum absolute atomic E-state index is 0.115. The molecule has 0 unspecified atom stereocenters. The average molecular weight is 235 g/mol. The summed E-state index contributed by atoms with van der Waals surface area (Å²) in [7, 11) is 1.67. The van der Waals surface area contributed by atoms with Crippen LogP contribution >= 0.6 is 0 Å². The minimum atomic E-state index is 0.115. The van der Waals surface area contributed by atoms with Gasteiger partial charge in [-0.25, -0.2) is 0 Å². The van der Waals surface area contributed by atoms with E-state index in [2.05, 4.69) is 24.4 Å². The van der Waals surface area contributed by atoms with E-state index in [1.54, 1.807) is 7.11 Å². The third kappa shape index (κ3) is 5.50. The van der Waals surface area contributed by atoms with E-state index >= 15 is 0 Å². The molecular weight excluding hydrogens is 214 g/mol. The van der Waals surface area contributed by atoms with E-state index in [0.717, 1.165) is 12.8 Å². The van der Waals surface area contributed by atoms with Gasteiger partial charge in [0.15, 0.2) is 0 Å². The molecule has 1 N–H and O–H groups in total. The highest BCUT2D eigenvalue weighted by Gasteiger charge is 2.03. The first-order valence-corrected chi connectivity index (χ1v) is 6.04. The number of carbonyl (C=O) groups excluding carboxylic acids is 1. The molecule has 17 heavy (non-hydrogen) atoms. The molecule has 0 bridgehead atoms. The second-order valence-corrected chi connectivity index (χ2v) is 4.12. The zero-order chi connectivity index (χ0) is 12.5. The number of carbonyl (C=O) groups is 1. The van der Waals surface area contributed by atoms with Crippen molar-refractivity contribution >= 4 is 5.91 Å². The summed E-state index contributed by atoms with van der Waals surface area (Å²) in [6, 6.07) is 8.18. The molecule has 1 rings (SSSR count). The number of aryl methyl sites for hydroxylation is 2. The number of ether oxygens (including phenoxy) is 1. The smallest absolute Gasteiger partial charge is 0.220 e. The van der Waals surface area contributed by atoms with Crippen LogP contribution in [0, 0.1) is 6.92 Å². The van der Waals surface area contributed by atoms with Crippen LogP contribution < -0.4 is 5.32 Å². The van der Waals surface area contributed by atoms with Gasteiger partial charge >= 0.3 is 0 Å². The van der Waals surface area contributed by atoms with Crippen LogP contribution in [0.2, 0.25) is 0 Å². The summed E-state index contributed by atoms with van der Waals surface area (Å²) in [5, 5.41) is 2.89. The summed E-state index contributed by atoms with van der Waals surface area (Å²) in [5.41, 5.74) is 2.50. The van der Waals surface area contributed by atoms with Gasteiger partial charge in [0, 0.05) is 26.7 Å². The molecule has 0 saturated heterocycles. The van der Waals surface area contributed by atoms with Crippen molar-refractivity contribution in [2.75, 3.05) is 20.3 Å². The van der Waals surface area contributed by atoms with E-state index in [9.17, 15) is 4.79 Å². The van der Waals surface area contributed by atoms with E-state index in [-0.39, 0.29) is 5.91 Å². The molecule has 0 aromatic heterocycles. The Kier molecular flexibility index (Phi) is 6.33. The van der Waals surface area contributed by atoms with Crippen LogP contribution in [0.4, 0.5) is 0 Å². The second kappa shape index (κ2) is 7.85. The highest BCUT2D eigenvalue weighted by atomic mass is 16.5. The van der Waals surface area contributed by atoms with Gasteiger partial charge < -0.3 is 10.1 Å². The fourth-order valence-electron chi connectivity index (χ4n) is 1.67. The summed E-state index contributed by atoms with van der Waals surface area (Å²) in [4.78, 5) is 11.5. The molecule has 1 aromatic carbocycles. The van der Waals surface area contributed by atoms with E-state index in [1.807, 2.05) is 12.1 Å². The Morgan fingerprint density at radius 1 is 1.35 bits per heavy atom. The molecule has 0 spiro atoms. The van der Waals surface area contributed by atoms with Crippen molar-refractivity contribution in [3.8, 4) is 0 Å². The largest absolute Gasteiger partial charge is 0.385 e. The average Bonchev–Trinajstić information content (AvgIpc) is 2.34. The maximum Gasteiger partial charge on any atom is 0.220 e. The van der Waals surface area contributed by atoms with Crippen LogP contribution in [0.5, 0.6) is 0 Å². The highest BCUT2D eigenvalue weighted by Crippen LogP contribution is 2.09. The Hall–Kier alpha value is -1.35. The quantitative estimate of drug-likeness (QED) is 0.735. The second-order valence-electron chi connectivity index (χ2n) is 4.12. The number of nitrogens with one attached hydrogen (secondary N) is 1. The molecule has 0 aliphatic carbocycles. The number of rotatable bonds is 7. The molecule has 1 aromatic rings. The highest BCUT2D eigenvalue weighted by molar-refractivity contribution is 5.76. The van der Waals surface area contributed by atoms with Gasteiger partial charge in [0.1, 0.15) is 0 Å². The lowest BCUT2D eigenvalue weighted by Gasteiger charge is -2.06. The van der Waals surface area contributed by atoms with Crippen molar-refractivity contribution in [1.29, 1.82) is 0 Å². The molecule has 3 nitrogen and oxygen atoms in total. The van der Waals surface area contributed by atoms with Crippen LogP contribution in [0.3, 0.4) is 0 Å². The lowest BCUT2D eigenvalue weighted by molar-refractivity contribution is -0.121. The molecule has 0 atom stereocenters. The summed E-state index contributed by atoms with van der Waals surface area (Å²) in [6.07, 6.45) is 2.23. The summed E-state index contributed by atoms with van der Waals surface area (Å²) in [6.45, 7) is 3.46. The Bertz CT molecular complexity index is 350. The molecule has 1 amide bonds. The lowest BCUT2D eigenvalue weighted by Crippen LogP contribution is -2.25. The Balaban J connectivity index is 2.22. The third-order valence-electron chi connectivity index (χ3n) is 2.73. The Morgan fingerprint density at radius 3 is 2.82 bits per heavy atom. The topological polar surface area (TPSA) is 38.3 Å². The molecule has 0 radical (unpaired) electrons. The van der Waals surface area contributed by atoms with Gasteiger partial charge in [-0.3, -0.25) is 4.79 Å². The molecule has 0 fully saturated rings. The molecule has 0 aliphatic rings. The van der Waals surface area contributed by atoms with Gasteiger partial charge in [-0.05, 0) is 30.9 Å². The standard InChI is InChI=1S/C14H21NO2/c1-12-6-3-4-7-13(12)8-9-14(16)15-10-5-11-17-2/h3-4,6-7H,5,8-11H2,1-2H3,(H,15,16). The van der Waals surface area contributed by atoms with Crippen LogP contribution in [0.15, 0.2) is 24.3 Å². The van der Waals surface area contributed by atoms with Crippen LogP contribution in [-0.2, 0) is 16.0 Å². The van der Waals surface area contributed by atoms with E-state index in [0.29, 0.717) is 19.6 Å². The first-order valence-electron chi connectivity index (χ1n) is 6.04. The third-order valence-corrected chi connectivity index (χ3v) is 2.73. The number of hydrogen-bond donors (Lipinski definition) is 1. The number of benzene rings is 1. The maximum absolute atomic E-state index is 11.5. The van der Waals surface area contributed by atoms with Crippen LogP contribution in [0.25, 0.3) is 0 Å². The fourth-order valence-corrected chi connectivity index (χ4v) is 1.67. The number of hydrogen-bond acceptors (Lipinski definition) is 2. The van der Waals surface area contributed by atoms with Gasteiger partial charge in [-0.1, -0.05) is 24.3 Å². The van der Waals surface area contributed by atoms with Crippen LogP contribution in [-0.4, -0.2) is 26.2 Å². The van der Waals surface area contributed by atoms with E-state index in [4.69, 9.17) is 4.74 Å². The van der Waals surface area contributed by atoms with Crippen molar-refractivity contribution in [3.63, 3.8) is 0 Å². The summed E-state index contributed by atoms with van der Waals surface area (Å²) < 4.78 is 4.92. The summed E-state index contributed by atoms with van der Waals surface area (Å²) >= 11 is 0. The first-order chi connectivity index (χ1) is 8.24. The molecule has 0 aliphatic heterocycles. The molecule has 3 heteroatoms. The molecular formula is C14H21NO2. The maximum atomic E-state index is 11.5. The SMILES string of the molecule is COCCCNC(=O)CCc1ccccc1C. The summed E-state index contributed by atoms with van der Waals surface area (Å²) in [5.74, 6) is 0.115. The first kappa shape index (κ1) is 13.7. The van der Waals surface area contributed by atoms with Gasteiger partial charge in [0.05, 0.1) is 0 Å². The monoisotopic (exact) mass is 235 g/mol. The minimum Gasteiger partial charge on any atom is -0.385 e. The van der Waals surface area contributed by atoms with Crippen LogP contribution in [0.1, 0.15) is 24.0 Å². The lowest BCUT2D eigenvalue weighted by atomic mass is 10.0. The van der Waals surface area contributed by atoms with Crippen molar-refractivity contribution in [2.45, 2.75) is 26.2 Å². The van der Waals surface area contributed by atoms with Crippen molar-refractivity contribution < 1.29 is 9.53 Å². The molecule has 0 heterocycles. The predicted octanol–water partition coefficient (Wildman–Crippen LogP) is 2.08. The van der Waals surface area contributed by atoms with Crippen molar-refractivity contribution in [2.24, 2.45) is 0 Å². The Labute approximate surface area is 103 Å². The zero-order valence-corrected chi connectivity index (χ0v) is 10.7. The van der Waals surface area contributed by atoms with Crippen molar-refractivity contribution in [1.82, 2.24) is 5.32 Å². The normalized spacial score (nSPS) is 10.2. The fraction of sp³-hybridized carbons (Fsp3) is 0.500. The van der Waals surface area contributed by atoms with Gasteiger partial charge in [-0.2, -0.15) is 0 Å². The van der Waals surface area contributed by atoms with Gasteiger partial charge in [0.25, 0.3) is 0 Å². The molecule has 94 valence electrons. The Morgan fingerprint density at radius 2 is 2.12 bits per heavy atom. The predicted molar refractivity (Wildman–Crippen MR) is 69.0 cm³/mol. The number of amides is 1. The zero-order valence-electron chi connectivity index (χ0n) is 10.7. The van der Waals surface area contributed by atoms with Crippen molar-refractivity contribution in [3.05, 3.63) is 35.4 Å². The van der Waals surface area contributed by atoms with Gasteiger partial charge in [-0.15, -0.1) is 0 Å².